The average Bonchev–Trinajstić information content (AvgIpc) is 3.36. The zero-order valence-electron chi connectivity index (χ0n) is 12.4. The van der Waals surface area contributed by atoms with Gasteiger partial charge in [0.05, 0.1) is 22.2 Å². The van der Waals surface area contributed by atoms with Crippen molar-refractivity contribution < 1.29 is 23.1 Å². The van der Waals surface area contributed by atoms with E-state index in [9.17, 15) is 18.4 Å². The third-order valence-electron chi connectivity index (χ3n) is 3.22. The molecule has 0 radical (unpaired) electrons. The highest BCUT2D eigenvalue weighted by molar-refractivity contribution is 6.44. The summed E-state index contributed by atoms with van der Waals surface area (Å²) in [6.45, 7) is 1.56. The number of ether oxygens (including phenoxy) is 1. The van der Waals surface area contributed by atoms with Crippen LogP contribution in [0.3, 0.4) is 0 Å². The molecule has 0 aliphatic heterocycles. The molecule has 1 saturated carbocycles. The minimum absolute atomic E-state index is 0.0116. The van der Waals surface area contributed by atoms with Crippen molar-refractivity contribution in [3.05, 3.63) is 44.0 Å². The van der Waals surface area contributed by atoms with Gasteiger partial charge in [0.15, 0.2) is 11.6 Å². The van der Waals surface area contributed by atoms with Gasteiger partial charge in [-0.25, -0.2) is 13.6 Å². The van der Waals surface area contributed by atoms with Crippen LogP contribution in [-0.2, 0) is 9.53 Å². The number of benzene rings is 1. The van der Waals surface area contributed by atoms with Crippen molar-refractivity contribution in [3.8, 4) is 0 Å². The highest BCUT2D eigenvalue weighted by atomic mass is 35.5. The summed E-state index contributed by atoms with van der Waals surface area (Å²) in [6, 6.07) is 0.131. The molecule has 1 N–H and O–H groups in total. The zero-order valence-corrected chi connectivity index (χ0v) is 14.7. The quantitative estimate of drug-likeness (QED) is 0.148. The second kappa shape index (κ2) is 7.68. The Hall–Kier alpha value is -1.37. The molecular formula is C15H12Cl3F2NO3. The minimum atomic E-state index is -1.33. The maximum absolute atomic E-state index is 13.9. The van der Waals surface area contributed by atoms with E-state index in [0.29, 0.717) is 0 Å². The largest absolute Gasteiger partial charge is 0.462 e. The molecule has 1 fully saturated rings. The minimum Gasteiger partial charge on any atom is -0.462 e. The molecule has 0 saturated heterocycles. The topological polar surface area (TPSA) is 55.4 Å². The van der Waals surface area contributed by atoms with E-state index in [2.05, 4.69) is 5.32 Å². The predicted molar refractivity (Wildman–Crippen MR) is 86.6 cm³/mol. The van der Waals surface area contributed by atoms with E-state index < -0.39 is 49.6 Å². The normalized spacial score (nSPS) is 14.5. The van der Waals surface area contributed by atoms with Crippen molar-refractivity contribution in [3.63, 3.8) is 0 Å². The highest BCUT2D eigenvalue weighted by Gasteiger charge is 2.31. The van der Waals surface area contributed by atoms with Crippen LogP contribution in [0.25, 0.3) is 0 Å². The summed E-state index contributed by atoms with van der Waals surface area (Å²) < 4.78 is 32.5. The second-order valence-corrected chi connectivity index (χ2v) is 6.13. The molecule has 1 aromatic rings. The third kappa shape index (κ3) is 3.82. The molecule has 0 heterocycles. The number of rotatable bonds is 6. The SMILES string of the molecule is CCOC(=O)/C(=C\NC1CC1)C(=O)c1c(Cl)c(F)c(Cl)c(F)c1Cl. The fourth-order valence-corrected chi connectivity index (χ4v) is 2.70. The number of esters is 1. The Balaban J connectivity index is 2.50. The lowest BCUT2D eigenvalue weighted by Gasteiger charge is -2.12. The monoisotopic (exact) mass is 397 g/mol. The molecule has 24 heavy (non-hydrogen) atoms. The van der Waals surface area contributed by atoms with Gasteiger partial charge in [-0.3, -0.25) is 4.79 Å². The lowest BCUT2D eigenvalue weighted by molar-refractivity contribution is -0.138. The molecule has 1 aliphatic rings. The van der Waals surface area contributed by atoms with Crippen molar-refractivity contribution >= 4 is 46.6 Å². The molecule has 0 amide bonds. The van der Waals surface area contributed by atoms with Crippen LogP contribution in [0.5, 0.6) is 0 Å². The number of Topliss-reactive ketones (excluding diaryl/α,β-unsaturated/α-hetero) is 1. The Labute approximate surface area is 151 Å². The molecule has 0 unspecified atom stereocenters. The molecule has 4 nitrogen and oxygen atoms in total. The molecule has 0 spiro atoms. The first-order chi connectivity index (χ1) is 11.3. The van der Waals surface area contributed by atoms with Gasteiger partial charge in [0.2, 0.25) is 5.78 Å². The van der Waals surface area contributed by atoms with Gasteiger partial charge in [-0.15, -0.1) is 0 Å². The van der Waals surface area contributed by atoms with Crippen LogP contribution < -0.4 is 5.32 Å². The van der Waals surface area contributed by atoms with E-state index in [1.54, 1.807) is 6.92 Å². The van der Waals surface area contributed by atoms with Gasteiger partial charge in [0.1, 0.15) is 10.6 Å². The average molecular weight is 399 g/mol. The van der Waals surface area contributed by atoms with Gasteiger partial charge < -0.3 is 10.1 Å². The van der Waals surface area contributed by atoms with Gasteiger partial charge in [0, 0.05) is 12.2 Å². The van der Waals surface area contributed by atoms with E-state index >= 15 is 0 Å². The summed E-state index contributed by atoms with van der Waals surface area (Å²) >= 11 is 16.9. The van der Waals surface area contributed by atoms with Crippen molar-refractivity contribution in [1.82, 2.24) is 5.32 Å². The first kappa shape index (κ1) is 19.0. The van der Waals surface area contributed by atoms with Crippen molar-refractivity contribution in [2.24, 2.45) is 0 Å². The summed E-state index contributed by atoms with van der Waals surface area (Å²) in [7, 11) is 0. The summed E-state index contributed by atoms with van der Waals surface area (Å²) in [5.41, 5.74) is -1.15. The maximum atomic E-state index is 13.9. The summed E-state index contributed by atoms with van der Waals surface area (Å²) in [4.78, 5) is 24.6. The van der Waals surface area contributed by atoms with Crippen molar-refractivity contribution in [2.45, 2.75) is 25.8 Å². The molecule has 9 heteroatoms. The molecule has 130 valence electrons. The lowest BCUT2D eigenvalue weighted by Crippen LogP contribution is -2.21. The van der Waals surface area contributed by atoms with Crippen molar-refractivity contribution in [2.75, 3.05) is 6.61 Å². The van der Waals surface area contributed by atoms with Crippen LogP contribution in [0.4, 0.5) is 8.78 Å². The fraction of sp³-hybridized carbons (Fsp3) is 0.333. The fourth-order valence-electron chi connectivity index (χ4n) is 1.82. The van der Waals surface area contributed by atoms with Crippen LogP contribution in [-0.4, -0.2) is 24.4 Å². The van der Waals surface area contributed by atoms with Gasteiger partial charge in [0.25, 0.3) is 0 Å². The van der Waals surface area contributed by atoms with Gasteiger partial charge in [-0.1, -0.05) is 34.8 Å². The van der Waals surface area contributed by atoms with Crippen LogP contribution in [0, 0.1) is 11.6 Å². The molecule has 1 aliphatic carbocycles. The van der Waals surface area contributed by atoms with E-state index in [-0.39, 0.29) is 12.6 Å². The number of carbonyl (C=O) groups is 2. The number of hydrogen-bond donors (Lipinski definition) is 1. The van der Waals surface area contributed by atoms with Crippen LogP contribution in [0.15, 0.2) is 11.8 Å². The van der Waals surface area contributed by atoms with E-state index in [0.717, 1.165) is 19.0 Å². The smallest absolute Gasteiger partial charge is 0.343 e. The summed E-state index contributed by atoms with van der Waals surface area (Å²) in [5.74, 6) is -4.69. The van der Waals surface area contributed by atoms with Crippen LogP contribution >= 0.6 is 34.8 Å². The Morgan fingerprint density at radius 2 is 1.71 bits per heavy atom. The number of halogens is 5. The highest BCUT2D eigenvalue weighted by Crippen LogP contribution is 2.37. The van der Waals surface area contributed by atoms with Crippen LogP contribution in [0.2, 0.25) is 15.1 Å². The summed E-state index contributed by atoms with van der Waals surface area (Å²) in [5, 5.41) is 0.380. The number of ketones is 1. The Morgan fingerprint density at radius 1 is 1.17 bits per heavy atom. The Bertz CT molecular complexity index is 704. The molecule has 0 aromatic heterocycles. The van der Waals surface area contributed by atoms with Crippen LogP contribution in [0.1, 0.15) is 30.1 Å². The predicted octanol–water partition coefficient (Wildman–Crippen LogP) is 4.31. The number of hydrogen-bond acceptors (Lipinski definition) is 4. The molecule has 2 rings (SSSR count). The van der Waals surface area contributed by atoms with E-state index in [1.165, 1.54) is 0 Å². The van der Waals surface area contributed by atoms with Gasteiger partial charge in [-0.05, 0) is 19.8 Å². The summed E-state index contributed by atoms with van der Waals surface area (Å²) in [6.07, 6.45) is 2.91. The van der Waals surface area contributed by atoms with E-state index in [4.69, 9.17) is 39.5 Å². The number of carbonyl (C=O) groups excluding carboxylic acids is 2. The molecule has 1 aromatic carbocycles. The second-order valence-electron chi connectivity index (χ2n) is 4.99. The third-order valence-corrected chi connectivity index (χ3v) is 4.26. The Morgan fingerprint density at radius 3 is 2.17 bits per heavy atom. The molecule has 0 bridgehead atoms. The lowest BCUT2D eigenvalue weighted by atomic mass is 10.0. The Kier molecular flexibility index (Phi) is 6.06. The first-order valence-electron chi connectivity index (χ1n) is 6.99. The first-order valence-corrected chi connectivity index (χ1v) is 8.12. The zero-order chi connectivity index (χ0) is 18.0. The van der Waals surface area contributed by atoms with E-state index in [1.807, 2.05) is 0 Å². The molecular weight excluding hydrogens is 387 g/mol. The van der Waals surface area contributed by atoms with Gasteiger partial charge in [-0.2, -0.15) is 0 Å². The van der Waals surface area contributed by atoms with Crippen molar-refractivity contribution in [1.29, 1.82) is 0 Å². The maximum Gasteiger partial charge on any atom is 0.343 e. The standard InChI is InChI=1S/C15H12Cl3F2NO3/c1-2-24-15(23)7(5-21-6-3-4-6)14(22)8-9(16)12(19)11(18)13(20)10(8)17/h5-6,21H,2-4H2,1H3/b7-5-. The van der Waals surface area contributed by atoms with Gasteiger partial charge >= 0.3 is 5.97 Å². The molecule has 0 atom stereocenters. The number of nitrogens with one attached hydrogen (secondary N) is 1.